The molecule has 0 bridgehead atoms. The molecule has 1 saturated heterocycles. The smallest absolute Gasteiger partial charge is 0.145 e. The van der Waals surface area contributed by atoms with E-state index in [0.717, 1.165) is 46.4 Å². The van der Waals surface area contributed by atoms with Crippen molar-refractivity contribution in [3.05, 3.63) is 58.1 Å². The summed E-state index contributed by atoms with van der Waals surface area (Å²) < 4.78 is 2.90. The van der Waals surface area contributed by atoms with E-state index in [2.05, 4.69) is 68.9 Å². The van der Waals surface area contributed by atoms with Crippen LogP contribution in [0.3, 0.4) is 0 Å². The van der Waals surface area contributed by atoms with Crippen LogP contribution < -0.4 is 0 Å². The van der Waals surface area contributed by atoms with Gasteiger partial charge in [0.1, 0.15) is 18.1 Å². The number of likely N-dealkylation sites (tertiary alicyclic amines) is 1. The van der Waals surface area contributed by atoms with Crippen molar-refractivity contribution in [2.45, 2.75) is 70.7 Å². The number of aliphatic hydroxyl groups excluding tert-OH is 2. The van der Waals surface area contributed by atoms with Crippen molar-refractivity contribution in [1.29, 1.82) is 0 Å². The molecule has 176 valence electrons. The van der Waals surface area contributed by atoms with E-state index in [9.17, 15) is 10.2 Å². The van der Waals surface area contributed by atoms with E-state index in [4.69, 9.17) is 0 Å². The zero-order valence-corrected chi connectivity index (χ0v) is 21.2. The lowest BCUT2D eigenvalue weighted by atomic mass is 9.82. The Bertz CT molecular complexity index is 1130. The Labute approximate surface area is 203 Å². The largest absolute Gasteiger partial charge is 0.390 e. The maximum absolute atomic E-state index is 11.0. The first kappa shape index (κ1) is 23.0. The molecule has 3 heterocycles. The standard InChI is InChI=1S/C26H33BrN4O2/c1-16-22-20(27)14-31(25(22)29-15-28-16)21-12-19(23(32)24(21)33)18-6-4-17(5-7-18)13-30-10-8-26(2,3)9-11-30/h4-7,14-15,19,21,23-24,32-33H,8-13H2,1-3H3/t19-,21-,23-,24+/m1/s1. The molecule has 2 N–H and O–H groups in total. The Kier molecular flexibility index (Phi) is 6.10. The Balaban J connectivity index is 1.32. The third-order valence-corrected chi connectivity index (χ3v) is 8.39. The second kappa shape index (κ2) is 8.77. The lowest BCUT2D eigenvalue weighted by Gasteiger charge is -2.37. The number of piperidine rings is 1. The molecule has 1 aliphatic carbocycles. The first-order valence-corrected chi connectivity index (χ1v) is 12.7. The van der Waals surface area contributed by atoms with Gasteiger partial charge in [0.05, 0.1) is 23.2 Å². The Hall–Kier alpha value is -1.80. The number of hydrogen-bond acceptors (Lipinski definition) is 5. The first-order valence-electron chi connectivity index (χ1n) is 11.9. The van der Waals surface area contributed by atoms with Gasteiger partial charge in [0.2, 0.25) is 0 Å². The van der Waals surface area contributed by atoms with Gasteiger partial charge in [-0.15, -0.1) is 0 Å². The van der Waals surface area contributed by atoms with Crippen molar-refractivity contribution in [2.75, 3.05) is 13.1 Å². The molecule has 4 atom stereocenters. The molecule has 2 aromatic heterocycles. The van der Waals surface area contributed by atoms with Crippen LogP contribution in [-0.4, -0.2) is 54.9 Å². The fourth-order valence-corrected chi connectivity index (χ4v) is 6.18. The van der Waals surface area contributed by atoms with E-state index < -0.39 is 12.2 Å². The van der Waals surface area contributed by atoms with Crippen LogP contribution in [0.4, 0.5) is 0 Å². The number of benzene rings is 1. The molecule has 2 fully saturated rings. The van der Waals surface area contributed by atoms with Crippen molar-refractivity contribution in [3.8, 4) is 0 Å². The highest BCUT2D eigenvalue weighted by molar-refractivity contribution is 9.10. The quantitative estimate of drug-likeness (QED) is 0.535. The maximum atomic E-state index is 11.0. The highest BCUT2D eigenvalue weighted by Gasteiger charge is 2.43. The maximum Gasteiger partial charge on any atom is 0.145 e. The zero-order chi connectivity index (χ0) is 23.3. The molecule has 0 amide bonds. The number of fused-ring (bicyclic) bond motifs is 1. The van der Waals surface area contributed by atoms with Crippen LogP contribution in [0, 0.1) is 12.3 Å². The molecule has 0 radical (unpaired) electrons. The second-order valence-electron chi connectivity index (χ2n) is 10.6. The average molecular weight is 513 g/mol. The molecular formula is C26H33BrN4O2. The van der Waals surface area contributed by atoms with Gasteiger partial charge in [-0.25, -0.2) is 9.97 Å². The van der Waals surface area contributed by atoms with Crippen LogP contribution in [0.15, 0.2) is 41.3 Å². The number of hydrogen-bond donors (Lipinski definition) is 2. The minimum Gasteiger partial charge on any atom is -0.390 e. The van der Waals surface area contributed by atoms with Gasteiger partial charge in [0.25, 0.3) is 0 Å². The topological polar surface area (TPSA) is 74.4 Å². The van der Waals surface area contributed by atoms with Crippen LogP contribution in [0.5, 0.6) is 0 Å². The van der Waals surface area contributed by atoms with Gasteiger partial charge in [-0.05, 0) is 71.7 Å². The first-order chi connectivity index (χ1) is 15.7. The van der Waals surface area contributed by atoms with Crippen molar-refractivity contribution in [1.82, 2.24) is 19.4 Å². The number of nitrogens with zero attached hydrogens (tertiary/aromatic N) is 4. The SMILES string of the molecule is Cc1ncnc2c1c(Br)cn2[C@@H]1C[C@H](c2ccc(CN3CCC(C)(C)CC3)cc2)[C@@H](O)[C@H]1O. The van der Waals surface area contributed by atoms with Gasteiger partial charge >= 0.3 is 0 Å². The summed E-state index contributed by atoms with van der Waals surface area (Å²) >= 11 is 3.62. The van der Waals surface area contributed by atoms with Gasteiger partial charge in [-0.1, -0.05) is 38.1 Å². The molecule has 6 nitrogen and oxygen atoms in total. The molecule has 5 rings (SSSR count). The molecule has 0 spiro atoms. The van der Waals surface area contributed by atoms with Crippen LogP contribution in [0.2, 0.25) is 0 Å². The van der Waals surface area contributed by atoms with Crippen LogP contribution in [-0.2, 0) is 6.54 Å². The van der Waals surface area contributed by atoms with Crippen LogP contribution >= 0.6 is 15.9 Å². The van der Waals surface area contributed by atoms with Gasteiger partial charge < -0.3 is 14.8 Å². The van der Waals surface area contributed by atoms with Crippen molar-refractivity contribution in [3.63, 3.8) is 0 Å². The zero-order valence-electron chi connectivity index (χ0n) is 19.6. The van der Waals surface area contributed by atoms with Crippen molar-refractivity contribution < 1.29 is 10.2 Å². The van der Waals surface area contributed by atoms with E-state index >= 15 is 0 Å². The van der Waals surface area contributed by atoms with Crippen molar-refractivity contribution >= 4 is 27.0 Å². The fourth-order valence-electron chi connectivity index (χ4n) is 5.50. The van der Waals surface area contributed by atoms with Crippen LogP contribution in [0.25, 0.3) is 11.0 Å². The summed E-state index contributed by atoms with van der Waals surface area (Å²) in [6.45, 7) is 9.93. The van der Waals surface area contributed by atoms with E-state index in [1.54, 1.807) is 6.33 Å². The number of aliphatic hydroxyl groups is 2. The molecule has 7 heteroatoms. The van der Waals surface area contributed by atoms with E-state index in [-0.39, 0.29) is 12.0 Å². The van der Waals surface area contributed by atoms with E-state index in [1.807, 2.05) is 17.7 Å². The molecule has 1 aromatic carbocycles. The summed E-state index contributed by atoms with van der Waals surface area (Å²) in [6.07, 6.45) is 4.98. The normalized spacial score (nSPS) is 27.9. The third kappa shape index (κ3) is 4.36. The minimum atomic E-state index is -0.857. The van der Waals surface area contributed by atoms with Gasteiger partial charge in [0, 0.05) is 23.1 Å². The third-order valence-electron chi connectivity index (χ3n) is 7.79. The second-order valence-corrected chi connectivity index (χ2v) is 11.5. The predicted octanol–water partition coefficient (Wildman–Crippen LogP) is 4.57. The van der Waals surface area contributed by atoms with Crippen LogP contribution in [0.1, 0.15) is 61.9 Å². The predicted molar refractivity (Wildman–Crippen MR) is 133 cm³/mol. The van der Waals surface area contributed by atoms with E-state index in [0.29, 0.717) is 11.8 Å². The van der Waals surface area contributed by atoms with Gasteiger partial charge in [0.15, 0.2) is 0 Å². The number of aromatic nitrogens is 3. The lowest BCUT2D eigenvalue weighted by Crippen LogP contribution is -2.36. The van der Waals surface area contributed by atoms with Gasteiger partial charge in [-0.3, -0.25) is 4.90 Å². The highest BCUT2D eigenvalue weighted by Crippen LogP contribution is 2.44. The Morgan fingerprint density at radius 2 is 1.76 bits per heavy atom. The van der Waals surface area contributed by atoms with Crippen molar-refractivity contribution in [2.24, 2.45) is 5.41 Å². The summed E-state index contributed by atoms with van der Waals surface area (Å²) in [7, 11) is 0. The molecule has 1 saturated carbocycles. The summed E-state index contributed by atoms with van der Waals surface area (Å²) in [4.78, 5) is 11.3. The Morgan fingerprint density at radius 1 is 1.06 bits per heavy atom. The Morgan fingerprint density at radius 3 is 2.45 bits per heavy atom. The summed E-state index contributed by atoms with van der Waals surface area (Å²) in [5, 5.41) is 22.8. The number of aryl methyl sites for hydroxylation is 1. The minimum absolute atomic E-state index is 0.117. The lowest BCUT2D eigenvalue weighted by molar-refractivity contribution is 0.0179. The molecule has 33 heavy (non-hydrogen) atoms. The monoisotopic (exact) mass is 512 g/mol. The number of halogens is 1. The molecule has 0 unspecified atom stereocenters. The van der Waals surface area contributed by atoms with E-state index in [1.165, 1.54) is 18.4 Å². The summed E-state index contributed by atoms with van der Waals surface area (Å²) in [5.74, 6) is -0.117. The highest BCUT2D eigenvalue weighted by atomic mass is 79.9. The fraction of sp³-hybridized carbons (Fsp3) is 0.538. The molecular weight excluding hydrogens is 480 g/mol. The summed E-state index contributed by atoms with van der Waals surface area (Å²) in [5.41, 5.74) is 4.51. The number of rotatable bonds is 4. The van der Waals surface area contributed by atoms with Gasteiger partial charge in [-0.2, -0.15) is 0 Å². The molecule has 3 aromatic rings. The average Bonchev–Trinajstić information content (AvgIpc) is 3.28. The molecule has 1 aliphatic heterocycles. The summed E-state index contributed by atoms with van der Waals surface area (Å²) in [6, 6.07) is 8.37. The molecule has 2 aliphatic rings.